The fourth-order valence-electron chi connectivity index (χ4n) is 0.792. The van der Waals surface area contributed by atoms with Crippen LogP contribution in [0, 0.1) is 0 Å². The Balaban J connectivity index is 3.35. The van der Waals surface area contributed by atoms with Gasteiger partial charge in [0.25, 0.3) is 0 Å². The van der Waals surface area contributed by atoms with Gasteiger partial charge in [-0.1, -0.05) is 0 Å². The van der Waals surface area contributed by atoms with Crippen molar-refractivity contribution in [1.29, 1.82) is 0 Å². The van der Waals surface area contributed by atoms with E-state index in [4.69, 9.17) is 5.73 Å². The normalized spacial score (nSPS) is 12.3. The lowest BCUT2D eigenvalue weighted by Gasteiger charge is -2.12. The Morgan fingerprint density at radius 2 is 2.27 bits per heavy atom. The fraction of sp³-hybridized carbons (Fsp3) is 0.857. The van der Waals surface area contributed by atoms with Gasteiger partial charge in [-0.25, -0.2) is 4.79 Å². The summed E-state index contributed by atoms with van der Waals surface area (Å²) >= 11 is 0. The van der Waals surface area contributed by atoms with E-state index in [0.717, 1.165) is 12.8 Å². The van der Waals surface area contributed by atoms with Crippen LogP contribution < -0.4 is 16.4 Å². The van der Waals surface area contributed by atoms with Gasteiger partial charge in [-0.2, -0.15) is 0 Å². The molecule has 4 N–H and O–H groups in total. The van der Waals surface area contributed by atoms with Crippen LogP contribution in [-0.4, -0.2) is 25.7 Å². The molecule has 0 saturated heterocycles. The molecule has 0 bridgehead atoms. The van der Waals surface area contributed by atoms with E-state index >= 15 is 0 Å². The second kappa shape index (κ2) is 5.97. The van der Waals surface area contributed by atoms with Gasteiger partial charge in [0, 0.05) is 13.1 Å². The first kappa shape index (κ1) is 10.2. The van der Waals surface area contributed by atoms with Crippen molar-refractivity contribution in [2.24, 2.45) is 5.73 Å². The van der Waals surface area contributed by atoms with Crippen molar-refractivity contribution in [2.75, 3.05) is 13.6 Å². The van der Waals surface area contributed by atoms with E-state index in [1.54, 1.807) is 7.05 Å². The summed E-state index contributed by atoms with van der Waals surface area (Å²) in [7, 11) is 1.60. The molecule has 0 spiro atoms. The number of hydrogen-bond acceptors (Lipinski definition) is 2. The maximum absolute atomic E-state index is 10.7. The van der Waals surface area contributed by atoms with E-state index in [1.165, 1.54) is 0 Å². The minimum absolute atomic E-state index is 0.130. The zero-order valence-corrected chi connectivity index (χ0v) is 7.18. The van der Waals surface area contributed by atoms with Crippen molar-refractivity contribution in [3.63, 3.8) is 0 Å². The van der Waals surface area contributed by atoms with Crippen molar-refractivity contribution in [3.8, 4) is 0 Å². The molecule has 0 aliphatic carbocycles. The summed E-state index contributed by atoms with van der Waals surface area (Å²) in [5.41, 5.74) is 5.31. The summed E-state index contributed by atoms with van der Waals surface area (Å²) in [4.78, 5) is 10.7. The second-order valence-electron chi connectivity index (χ2n) is 2.56. The molecular weight excluding hydrogens is 142 g/mol. The highest BCUT2D eigenvalue weighted by Gasteiger charge is 2.03. The van der Waals surface area contributed by atoms with Gasteiger partial charge in [0.05, 0.1) is 0 Å². The van der Waals surface area contributed by atoms with E-state index in [-0.39, 0.29) is 12.1 Å². The Bertz CT molecular complexity index is 116. The predicted octanol–water partition coefficient (Wildman–Crippen LogP) is 0.0428. The zero-order valence-electron chi connectivity index (χ0n) is 7.18. The van der Waals surface area contributed by atoms with Gasteiger partial charge in [-0.05, 0) is 26.3 Å². The van der Waals surface area contributed by atoms with Crippen molar-refractivity contribution in [2.45, 2.75) is 25.8 Å². The number of nitrogens with two attached hydrogens (primary N) is 1. The zero-order chi connectivity index (χ0) is 8.69. The third-order valence-electron chi connectivity index (χ3n) is 1.45. The van der Waals surface area contributed by atoms with Crippen molar-refractivity contribution < 1.29 is 4.79 Å². The molecule has 2 amide bonds. The smallest absolute Gasteiger partial charge is 0.314 e. The predicted molar refractivity (Wildman–Crippen MR) is 45.3 cm³/mol. The molecule has 0 fully saturated rings. The first-order valence-corrected chi connectivity index (χ1v) is 3.89. The highest BCUT2D eigenvalue weighted by molar-refractivity contribution is 5.73. The minimum Gasteiger partial charge on any atom is -0.341 e. The average molecular weight is 159 g/mol. The molecule has 66 valence electrons. The number of hydrogen-bond donors (Lipinski definition) is 3. The van der Waals surface area contributed by atoms with E-state index in [0.29, 0.717) is 6.54 Å². The Morgan fingerprint density at radius 1 is 1.64 bits per heavy atom. The van der Waals surface area contributed by atoms with Gasteiger partial charge >= 0.3 is 6.03 Å². The van der Waals surface area contributed by atoms with Gasteiger partial charge in [-0.15, -0.1) is 0 Å². The Labute approximate surface area is 67.5 Å². The quantitative estimate of drug-likeness (QED) is 0.542. The molecule has 0 radical (unpaired) electrons. The second-order valence-corrected chi connectivity index (χ2v) is 2.56. The molecule has 0 aliphatic heterocycles. The highest BCUT2D eigenvalue weighted by atomic mass is 16.2. The number of rotatable bonds is 4. The molecular formula is C7H17N3O. The van der Waals surface area contributed by atoms with Crippen molar-refractivity contribution in [3.05, 3.63) is 0 Å². The van der Waals surface area contributed by atoms with Gasteiger partial charge in [-0.3, -0.25) is 0 Å². The topological polar surface area (TPSA) is 67.2 Å². The van der Waals surface area contributed by atoms with Crippen LogP contribution in [0.3, 0.4) is 0 Å². The number of urea groups is 1. The highest BCUT2D eigenvalue weighted by Crippen LogP contribution is 1.93. The number of carbonyl (C=O) groups is 1. The summed E-state index contributed by atoms with van der Waals surface area (Å²) in [5.74, 6) is 0. The first-order chi connectivity index (χ1) is 5.20. The van der Waals surface area contributed by atoms with Gasteiger partial charge in [0.1, 0.15) is 0 Å². The van der Waals surface area contributed by atoms with Crippen LogP contribution in [0.4, 0.5) is 4.79 Å². The molecule has 0 saturated carbocycles. The van der Waals surface area contributed by atoms with Crippen LogP contribution in [0.5, 0.6) is 0 Å². The average Bonchev–Trinajstić information content (AvgIpc) is 2.00. The third-order valence-corrected chi connectivity index (χ3v) is 1.45. The third kappa shape index (κ3) is 5.66. The molecule has 4 nitrogen and oxygen atoms in total. The van der Waals surface area contributed by atoms with Crippen LogP contribution >= 0.6 is 0 Å². The number of carbonyl (C=O) groups excluding carboxylic acids is 1. The van der Waals surface area contributed by atoms with Crippen LogP contribution in [-0.2, 0) is 0 Å². The minimum atomic E-state index is -0.130. The molecule has 0 aromatic carbocycles. The lowest BCUT2D eigenvalue weighted by Crippen LogP contribution is -2.39. The maximum Gasteiger partial charge on any atom is 0.314 e. The molecule has 0 rings (SSSR count). The first-order valence-electron chi connectivity index (χ1n) is 3.89. The van der Waals surface area contributed by atoms with E-state index in [1.807, 2.05) is 6.92 Å². The molecule has 0 aromatic rings. The SMILES string of the molecule is CNC(=O)NC(C)CCCN. The molecule has 11 heavy (non-hydrogen) atoms. The Hall–Kier alpha value is -0.770. The molecule has 0 heterocycles. The van der Waals surface area contributed by atoms with Crippen LogP contribution in [0.25, 0.3) is 0 Å². The van der Waals surface area contributed by atoms with E-state index in [2.05, 4.69) is 10.6 Å². The van der Waals surface area contributed by atoms with Crippen LogP contribution in [0.15, 0.2) is 0 Å². The molecule has 0 aromatic heterocycles. The number of amides is 2. The van der Waals surface area contributed by atoms with E-state index < -0.39 is 0 Å². The standard InChI is InChI=1S/C7H17N3O/c1-6(4-3-5-8)10-7(11)9-2/h6H,3-5,8H2,1-2H3,(H2,9,10,11). The monoisotopic (exact) mass is 159 g/mol. The van der Waals surface area contributed by atoms with Crippen LogP contribution in [0.1, 0.15) is 19.8 Å². The lowest BCUT2D eigenvalue weighted by molar-refractivity contribution is 0.239. The Kier molecular flexibility index (Phi) is 5.56. The summed E-state index contributed by atoms with van der Waals surface area (Å²) in [6.07, 6.45) is 1.88. The molecule has 0 aliphatic rings. The summed E-state index contributed by atoms with van der Waals surface area (Å²) in [6.45, 7) is 2.64. The largest absolute Gasteiger partial charge is 0.341 e. The Morgan fingerprint density at radius 3 is 2.73 bits per heavy atom. The maximum atomic E-state index is 10.7. The molecule has 4 heteroatoms. The summed E-state index contributed by atoms with van der Waals surface area (Å²) < 4.78 is 0. The molecule has 1 unspecified atom stereocenters. The van der Waals surface area contributed by atoms with Crippen molar-refractivity contribution >= 4 is 6.03 Å². The van der Waals surface area contributed by atoms with Crippen LogP contribution in [0.2, 0.25) is 0 Å². The van der Waals surface area contributed by atoms with Gasteiger partial charge in [0.15, 0.2) is 0 Å². The van der Waals surface area contributed by atoms with E-state index in [9.17, 15) is 4.79 Å². The number of nitrogens with one attached hydrogen (secondary N) is 2. The molecule has 1 atom stereocenters. The van der Waals surface area contributed by atoms with Crippen molar-refractivity contribution in [1.82, 2.24) is 10.6 Å². The summed E-state index contributed by atoms with van der Waals surface area (Å²) in [6, 6.07) is 0.0769. The fourth-order valence-corrected chi connectivity index (χ4v) is 0.792. The van der Waals surface area contributed by atoms with Gasteiger partial charge in [0.2, 0.25) is 0 Å². The van der Waals surface area contributed by atoms with Gasteiger partial charge < -0.3 is 16.4 Å². The lowest BCUT2D eigenvalue weighted by atomic mass is 10.2. The summed E-state index contributed by atoms with van der Waals surface area (Å²) in [5, 5.41) is 5.25.